The monoisotopic (exact) mass is 1510 g/mol. The summed E-state index contributed by atoms with van der Waals surface area (Å²) < 4.78 is 68.8. The van der Waals surface area contributed by atoms with E-state index in [2.05, 4.69) is 34.6 Å². The quantitative estimate of drug-likeness (QED) is 0.0222. The summed E-state index contributed by atoms with van der Waals surface area (Å²) in [5.41, 5.74) is 0. The van der Waals surface area contributed by atoms with Gasteiger partial charge in [0.15, 0.2) is 12.2 Å². The third kappa shape index (κ3) is 78.0. The van der Waals surface area contributed by atoms with Gasteiger partial charge in [0.2, 0.25) is 0 Å². The molecule has 0 amide bonds. The van der Waals surface area contributed by atoms with Crippen molar-refractivity contribution in [1.82, 2.24) is 0 Å². The minimum Gasteiger partial charge on any atom is -0.462 e. The summed E-state index contributed by atoms with van der Waals surface area (Å²) in [4.78, 5) is 73.1. The molecule has 19 heteroatoms. The molecule has 612 valence electrons. The summed E-state index contributed by atoms with van der Waals surface area (Å²) in [6, 6.07) is 0. The molecule has 17 nitrogen and oxygen atoms in total. The third-order valence-electron chi connectivity index (χ3n) is 19.8. The maximum Gasteiger partial charge on any atom is 0.472 e. The van der Waals surface area contributed by atoms with Crippen molar-refractivity contribution in [3.63, 3.8) is 0 Å². The average Bonchev–Trinajstić information content (AvgIpc) is 0.918. The van der Waals surface area contributed by atoms with Gasteiger partial charge in [0.05, 0.1) is 26.4 Å². The predicted octanol–water partition coefficient (Wildman–Crippen LogP) is 25.6. The molecule has 0 aromatic rings. The second-order valence-corrected chi connectivity index (χ2v) is 33.6. The van der Waals surface area contributed by atoms with Crippen LogP contribution in [0.2, 0.25) is 0 Å². The lowest BCUT2D eigenvalue weighted by Crippen LogP contribution is -2.30. The van der Waals surface area contributed by atoms with Crippen LogP contribution in [0.3, 0.4) is 0 Å². The molecule has 0 radical (unpaired) electrons. The lowest BCUT2D eigenvalue weighted by Gasteiger charge is -2.21. The van der Waals surface area contributed by atoms with Gasteiger partial charge in [0, 0.05) is 25.7 Å². The number of hydrogen-bond donors (Lipinski definition) is 3. The van der Waals surface area contributed by atoms with Crippen molar-refractivity contribution in [1.29, 1.82) is 0 Å². The largest absolute Gasteiger partial charge is 0.472 e. The van der Waals surface area contributed by atoms with Gasteiger partial charge in [-0.25, -0.2) is 9.13 Å². The van der Waals surface area contributed by atoms with Crippen LogP contribution in [0, 0.1) is 5.92 Å². The van der Waals surface area contributed by atoms with E-state index in [0.717, 1.165) is 96.3 Å². The van der Waals surface area contributed by atoms with Crippen LogP contribution in [-0.2, 0) is 65.4 Å². The Morgan fingerprint density at radius 1 is 0.262 bits per heavy atom. The maximum atomic E-state index is 13.1. The van der Waals surface area contributed by atoms with Crippen LogP contribution in [0.25, 0.3) is 0 Å². The smallest absolute Gasteiger partial charge is 0.462 e. The zero-order valence-corrected chi connectivity index (χ0v) is 69.3. The van der Waals surface area contributed by atoms with Crippen LogP contribution < -0.4 is 0 Å². The Morgan fingerprint density at radius 3 is 0.660 bits per heavy atom. The van der Waals surface area contributed by atoms with E-state index in [0.29, 0.717) is 31.6 Å². The van der Waals surface area contributed by atoms with E-state index in [1.165, 1.54) is 270 Å². The molecule has 0 rings (SSSR count). The van der Waals surface area contributed by atoms with E-state index in [-0.39, 0.29) is 25.7 Å². The normalized spacial score (nSPS) is 13.8. The van der Waals surface area contributed by atoms with Crippen molar-refractivity contribution in [2.45, 2.75) is 470 Å². The summed E-state index contributed by atoms with van der Waals surface area (Å²) in [5, 5.41) is 10.7. The summed E-state index contributed by atoms with van der Waals surface area (Å²) in [6.07, 6.45) is 69.6. The highest BCUT2D eigenvalue weighted by Crippen LogP contribution is 2.45. The lowest BCUT2D eigenvalue weighted by atomic mass is 10.0. The number of carbonyl (C=O) groups excluding carboxylic acids is 4. The van der Waals surface area contributed by atoms with Gasteiger partial charge in [-0.1, -0.05) is 401 Å². The van der Waals surface area contributed by atoms with E-state index in [1.54, 1.807) is 0 Å². The molecule has 0 saturated heterocycles. The number of ether oxygens (including phenoxy) is 4. The van der Waals surface area contributed by atoms with Crippen molar-refractivity contribution < 1.29 is 80.2 Å². The number of esters is 4. The number of unbranched alkanes of at least 4 members (excludes halogenated alkanes) is 56. The molecule has 0 saturated carbocycles. The molecule has 0 spiro atoms. The maximum absolute atomic E-state index is 13.1. The highest BCUT2D eigenvalue weighted by Gasteiger charge is 2.30. The van der Waals surface area contributed by atoms with Crippen molar-refractivity contribution in [3.05, 3.63) is 0 Å². The molecule has 103 heavy (non-hydrogen) atoms. The first-order valence-corrected chi connectivity index (χ1v) is 46.6. The number of aliphatic hydroxyl groups is 1. The van der Waals surface area contributed by atoms with Gasteiger partial charge in [-0.05, 0) is 31.6 Å². The molecular formula is C84H164O17P2. The molecule has 5 atom stereocenters. The van der Waals surface area contributed by atoms with Gasteiger partial charge < -0.3 is 33.8 Å². The Balaban J connectivity index is 5.21. The molecule has 0 heterocycles. The molecule has 0 fully saturated rings. The summed E-state index contributed by atoms with van der Waals surface area (Å²) in [6.45, 7) is 7.27. The van der Waals surface area contributed by atoms with Crippen molar-refractivity contribution in [2.24, 2.45) is 5.92 Å². The Kier molecular flexibility index (Phi) is 75.4. The number of phosphoric ester groups is 2. The van der Waals surface area contributed by atoms with Crippen LogP contribution in [0.4, 0.5) is 0 Å². The van der Waals surface area contributed by atoms with Crippen LogP contribution in [-0.4, -0.2) is 96.7 Å². The van der Waals surface area contributed by atoms with Gasteiger partial charge in [0.1, 0.15) is 19.3 Å². The molecule has 0 bridgehead atoms. The number of aliphatic hydroxyl groups excluding tert-OH is 1. The van der Waals surface area contributed by atoms with Gasteiger partial charge >= 0.3 is 39.5 Å². The molecule has 0 aliphatic rings. The molecule has 0 aromatic heterocycles. The van der Waals surface area contributed by atoms with Crippen molar-refractivity contribution in [3.8, 4) is 0 Å². The first-order chi connectivity index (χ1) is 50.0. The van der Waals surface area contributed by atoms with E-state index in [9.17, 15) is 43.2 Å². The zero-order valence-electron chi connectivity index (χ0n) is 67.5. The summed E-state index contributed by atoms with van der Waals surface area (Å²) >= 11 is 0. The standard InChI is InChI=1S/C84H164O17P2/c1-6-9-12-15-18-21-24-27-30-33-35-38-41-44-47-50-53-60-64-69-83(88)100-79(73-94-81(86)67-62-57-51-48-45-42-39-37-34-31-28-25-22-19-16-13-10-7-2)75-98-102(90,91)96-71-78(85)72-97-103(92,93)99-76-80(74-95-82(87)68-63-58-55-54-56-61-66-77(4)5)101-84(89)70-65-59-52-49-46-43-40-36-32-29-26-23-20-17-14-11-8-3/h77-80,85H,6-76H2,1-5H3,(H,90,91)(H,92,93)/t78-,79-,80-/m1/s1. The SMILES string of the molecule is CCCCCCCCCCCCCCCCCCCCCC(=O)O[C@H](COC(=O)CCCCCCCCCCCCCCCCCCCC)COP(=O)(O)OC[C@@H](O)COP(=O)(O)OC[C@@H](COC(=O)CCCCCCCCC(C)C)OC(=O)CCCCCCCCCCCCCCCCCCC. The average molecular weight is 1510 g/mol. The Hall–Kier alpha value is -1.94. The van der Waals surface area contributed by atoms with Crippen LogP contribution in [0.1, 0.15) is 452 Å². The molecule has 0 aliphatic carbocycles. The van der Waals surface area contributed by atoms with E-state index in [4.69, 9.17) is 37.0 Å². The van der Waals surface area contributed by atoms with E-state index >= 15 is 0 Å². The fraction of sp³-hybridized carbons (Fsp3) is 0.952. The van der Waals surface area contributed by atoms with Crippen LogP contribution in [0.15, 0.2) is 0 Å². The highest BCUT2D eigenvalue weighted by molar-refractivity contribution is 7.47. The van der Waals surface area contributed by atoms with Gasteiger partial charge in [-0.3, -0.25) is 37.3 Å². The minimum atomic E-state index is -4.96. The molecule has 2 unspecified atom stereocenters. The fourth-order valence-corrected chi connectivity index (χ4v) is 14.7. The second-order valence-electron chi connectivity index (χ2n) is 30.7. The van der Waals surface area contributed by atoms with E-state index in [1.807, 2.05) is 0 Å². The molecule has 0 aromatic carbocycles. The molecular weight excluding hydrogens is 1340 g/mol. The number of carbonyl (C=O) groups is 4. The van der Waals surface area contributed by atoms with Gasteiger partial charge in [-0.15, -0.1) is 0 Å². The first-order valence-electron chi connectivity index (χ1n) is 43.6. The Bertz CT molecular complexity index is 1960. The summed E-state index contributed by atoms with van der Waals surface area (Å²) in [5.74, 6) is -1.42. The Labute approximate surface area is 632 Å². The number of hydrogen-bond acceptors (Lipinski definition) is 15. The second kappa shape index (κ2) is 76.8. The topological polar surface area (TPSA) is 237 Å². The van der Waals surface area contributed by atoms with E-state index < -0.39 is 97.5 Å². The van der Waals surface area contributed by atoms with Crippen molar-refractivity contribution in [2.75, 3.05) is 39.6 Å². The first kappa shape index (κ1) is 101. The third-order valence-corrected chi connectivity index (χ3v) is 21.7. The number of phosphoric acid groups is 2. The zero-order chi connectivity index (χ0) is 75.5. The predicted molar refractivity (Wildman–Crippen MR) is 423 cm³/mol. The van der Waals surface area contributed by atoms with Gasteiger partial charge in [0.25, 0.3) is 0 Å². The molecule has 3 N–H and O–H groups in total. The van der Waals surface area contributed by atoms with Gasteiger partial charge in [-0.2, -0.15) is 0 Å². The molecule has 0 aliphatic heterocycles. The lowest BCUT2D eigenvalue weighted by molar-refractivity contribution is -0.161. The van der Waals surface area contributed by atoms with Crippen LogP contribution >= 0.6 is 15.6 Å². The summed E-state index contributed by atoms with van der Waals surface area (Å²) in [7, 11) is -9.92. The minimum absolute atomic E-state index is 0.108. The van der Waals surface area contributed by atoms with Crippen LogP contribution in [0.5, 0.6) is 0 Å². The fourth-order valence-electron chi connectivity index (χ4n) is 13.1. The number of rotatable bonds is 84. The highest BCUT2D eigenvalue weighted by atomic mass is 31.2. The van der Waals surface area contributed by atoms with Crippen molar-refractivity contribution >= 4 is 39.5 Å². The Morgan fingerprint density at radius 2 is 0.447 bits per heavy atom.